The Morgan fingerprint density at radius 2 is 1.94 bits per heavy atom. The van der Waals surface area contributed by atoms with Crippen LogP contribution in [-0.2, 0) is 11.2 Å². The summed E-state index contributed by atoms with van der Waals surface area (Å²) in [5.74, 6) is 0. The third-order valence-electron chi connectivity index (χ3n) is 2.67. The molecular weight excluding hydrogens is 254 g/mol. The standard InChI is InChI=1S/C13H18FOPS/c1-12(10-15,9-13(2,16)17-14)8-11-6-4-3-5-7-11/h3-7,10H,8-9,16H2,1-2H3. The molecule has 0 radical (unpaired) electrons. The Bertz CT molecular complexity index is 369. The van der Waals surface area contributed by atoms with Crippen molar-refractivity contribution in [1.29, 1.82) is 0 Å². The molecule has 0 fully saturated rings. The number of halogens is 1. The van der Waals surface area contributed by atoms with Crippen molar-refractivity contribution in [2.45, 2.75) is 31.2 Å². The highest BCUT2D eigenvalue weighted by Gasteiger charge is 2.33. The first-order valence-electron chi connectivity index (χ1n) is 5.50. The van der Waals surface area contributed by atoms with Crippen molar-refractivity contribution in [2.24, 2.45) is 5.41 Å². The number of aldehydes is 1. The lowest BCUT2D eigenvalue weighted by atomic mass is 9.81. The molecule has 0 aromatic heterocycles. The Labute approximate surface area is 109 Å². The van der Waals surface area contributed by atoms with Crippen LogP contribution in [0.15, 0.2) is 30.3 Å². The maximum absolute atomic E-state index is 12.8. The first-order valence-corrected chi connectivity index (χ1v) is 6.79. The highest BCUT2D eigenvalue weighted by Crippen LogP contribution is 2.43. The van der Waals surface area contributed by atoms with Gasteiger partial charge < -0.3 is 4.79 Å². The van der Waals surface area contributed by atoms with Gasteiger partial charge in [-0.2, -0.15) is 3.89 Å². The lowest BCUT2D eigenvalue weighted by Gasteiger charge is -2.30. The van der Waals surface area contributed by atoms with Gasteiger partial charge in [-0.25, -0.2) is 0 Å². The van der Waals surface area contributed by atoms with Crippen molar-refractivity contribution in [1.82, 2.24) is 0 Å². The van der Waals surface area contributed by atoms with Crippen molar-refractivity contribution in [3.8, 4) is 0 Å². The largest absolute Gasteiger partial charge is 0.303 e. The zero-order valence-electron chi connectivity index (χ0n) is 10.2. The molecule has 3 atom stereocenters. The van der Waals surface area contributed by atoms with E-state index in [4.69, 9.17) is 0 Å². The lowest BCUT2D eigenvalue weighted by Crippen LogP contribution is -2.29. The van der Waals surface area contributed by atoms with E-state index >= 15 is 0 Å². The van der Waals surface area contributed by atoms with Gasteiger partial charge in [-0.3, -0.25) is 0 Å². The van der Waals surface area contributed by atoms with Gasteiger partial charge in [0.05, 0.1) is 16.6 Å². The second kappa shape index (κ2) is 5.97. The van der Waals surface area contributed by atoms with Gasteiger partial charge in [0.2, 0.25) is 0 Å². The molecule has 0 aliphatic carbocycles. The Morgan fingerprint density at radius 3 is 2.41 bits per heavy atom. The van der Waals surface area contributed by atoms with Gasteiger partial charge >= 0.3 is 0 Å². The molecule has 17 heavy (non-hydrogen) atoms. The topological polar surface area (TPSA) is 17.1 Å². The van der Waals surface area contributed by atoms with Crippen LogP contribution in [0.4, 0.5) is 3.89 Å². The number of carbonyl (C=O) groups is 1. The monoisotopic (exact) mass is 272 g/mol. The number of carbonyl (C=O) groups excluding carboxylic acids is 1. The van der Waals surface area contributed by atoms with Crippen LogP contribution in [0.2, 0.25) is 0 Å². The van der Waals surface area contributed by atoms with E-state index in [1.807, 2.05) is 37.3 Å². The lowest BCUT2D eigenvalue weighted by molar-refractivity contribution is -0.115. The zero-order valence-corrected chi connectivity index (χ0v) is 12.1. The van der Waals surface area contributed by atoms with Crippen LogP contribution in [0.1, 0.15) is 25.8 Å². The minimum atomic E-state index is -0.607. The van der Waals surface area contributed by atoms with Crippen LogP contribution in [0, 0.1) is 5.41 Å². The second-order valence-corrected chi connectivity index (χ2v) is 7.78. The quantitative estimate of drug-likeness (QED) is 0.574. The smallest absolute Gasteiger partial charge is 0.126 e. The highest BCUT2D eigenvalue weighted by atomic mass is 32.2. The van der Waals surface area contributed by atoms with Crippen LogP contribution in [0.25, 0.3) is 0 Å². The molecule has 0 saturated heterocycles. The summed E-state index contributed by atoms with van der Waals surface area (Å²) in [5, 5.41) is 0. The fourth-order valence-electron chi connectivity index (χ4n) is 2.04. The van der Waals surface area contributed by atoms with Crippen LogP contribution < -0.4 is 0 Å². The van der Waals surface area contributed by atoms with E-state index in [1.54, 1.807) is 6.92 Å². The summed E-state index contributed by atoms with van der Waals surface area (Å²) in [5.41, 5.74) is 0.573. The molecule has 0 spiro atoms. The Balaban J connectivity index is 2.79. The minimum absolute atomic E-state index is 0.284. The average Bonchev–Trinajstić information content (AvgIpc) is 2.29. The van der Waals surface area contributed by atoms with Crippen molar-refractivity contribution in [2.75, 3.05) is 0 Å². The zero-order chi connectivity index (χ0) is 12.9. The molecule has 0 aliphatic heterocycles. The Hall–Kier alpha value is -0.400. The summed E-state index contributed by atoms with van der Waals surface area (Å²) in [4.78, 5) is 11.3. The molecule has 1 nitrogen and oxygen atoms in total. The molecule has 94 valence electrons. The fourth-order valence-corrected chi connectivity index (χ4v) is 2.89. The van der Waals surface area contributed by atoms with Gasteiger partial charge in [-0.15, -0.1) is 9.24 Å². The van der Waals surface area contributed by atoms with Crippen LogP contribution >= 0.6 is 21.4 Å². The third kappa shape index (κ3) is 4.77. The van der Waals surface area contributed by atoms with Gasteiger partial charge in [-0.05, 0) is 25.3 Å². The number of hydrogen-bond acceptors (Lipinski definition) is 2. The van der Waals surface area contributed by atoms with Crippen molar-refractivity contribution in [3.63, 3.8) is 0 Å². The molecule has 0 saturated carbocycles. The first-order chi connectivity index (χ1) is 7.91. The summed E-state index contributed by atoms with van der Waals surface area (Å²) in [6.45, 7) is 3.67. The summed E-state index contributed by atoms with van der Waals surface area (Å²) in [6, 6.07) is 9.82. The van der Waals surface area contributed by atoms with E-state index in [-0.39, 0.29) is 12.1 Å². The number of rotatable bonds is 6. The summed E-state index contributed by atoms with van der Waals surface area (Å²) < 4.78 is 12.1. The maximum atomic E-state index is 12.8. The maximum Gasteiger partial charge on any atom is 0.126 e. The predicted octanol–water partition coefficient (Wildman–Crippen LogP) is 4.03. The summed E-state index contributed by atoms with van der Waals surface area (Å²) in [6.07, 6.45) is 2.07. The van der Waals surface area contributed by atoms with Crippen molar-refractivity contribution < 1.29 is 8.68 Å². The molecule has 0 bridgehead atoms. The Kier molecular flexibility index (Phi) is 5.15. The molecule has 1 rings (SSSR count). The van der Waals surface area contributed by atoms with Gasteiger partial charge in [0.1, 0.15) is 6.29 Å². The van der Waals surface area contributed by atoms with Gasteiger partial charge in [0, 0.05) is 5.41 Å². The molecule has 1 aromatic rings. The summed E-state index contributed by atoms with van der Waals surface area (Å²) >= 11 is 0.284. The van der Waals surface area contributed by atoms with E-state index < -0.39 is 9.90 Å². The van der Waals surface area contributed by atoms with Crippen LogP contribution in [-0.4, -0.2) is 10.8 Å². The molecule has 0 amide bonds. The van der Waals surface area contributed by atoms with Crippen LogP contribution in [0.3, 0.4) is 0 Å². The molecule has 3 unspecified atom stereocenters. The van der Waals surface area contributed by atoms with Gasteiger partial charge in [0.15, 0.2) is 0 Å². The molecule has 4 heteroatoms. The molecular formula is C13H18FOPS. The third-order valence-corrected chi connectivity index (χ3v) is 3.63. The van der Waals surface area contributed by atoms with Crippen LogP contribution in [0.5, 0.6) is 0 Å². The summed E-state index contributed by atoms with van der Waals surface area (Å²) in [7, 11) is 2.48. The molecule has 1 aromatic carbocycles. The fraction of sp³-hybridized carbons (Fsp3) is 0.462. The highest BCUT2D eigenvalue weighted by molar-refractivity contribution is 7.99. The van der Waals surface area contributed by atoms with Gasteiger partial charge in [0.25, 0.3) is 0 Å². The normalized spacial score (nSPS) is 18.1. The van der Waals surface area contributed by atoms with E-state index in [0.29, 0.717) is 12.8 Å². The Morgan fingerprint density at radius 1 is 1.35 bits per heavy atom. The molecule has 0 aliphatic rings. The number of hydrogen-bond donors (Lipinski definition) is 0. The minimum Gasteiger partial charge on any atom is -0.303 e. The first kappa shape index (κ1) is 14.7. The van der Waals surface area contributed by atoms with E-state index in [9.17, 15) is 8.68 Å². The SMILES string of the molecule is CC(C=O)(Cc1ccccc1)CC(C)(P)SF. The molecule has 0 heterocycles. The average molecular weight is 272 g/mol. The van der Waals surface area contributed by atoms with E-state index in [2.05, 4.69) is 9.24 Å². The van der Waals surface area contributed by atoms with Crippen molar-refractivity contribution >= 4 is 27.7 Å². The number of benzene rings is 1. The molecule has 0 N–H and O–H groups in total. The predicted molar refractivity (Wildman–Crippen MR) is 75.7 cm³/mol. The van der Waals surface area contributed by atoms with Crippen molar-refractivity contribution in [3.05, 3.63) is 35.9 Å². The van der Waals surface area contributed by atoms with Gasteiger partial charge in [-0.1, -0.05) is 37.3 Å². The van der Waals surface area contributed by atoms with E-state index in [1.165, 1.54) is 0 Å². The second-order valence-electron chi connectivity index (χ2n) is 5.00. The van der Waals surface area contributed by atoms with E-state index in [0.717, 1.165) is 11.8 Å².